The fourth-order valence-electron chi connectivity index (χ4n) is 2.31. The number of halogens is 1. The van der Waals surface area contributed by atoms with Gasteiger partial charge in [-0.2, -0.15) is 0 Å². The summed E-state index contributed by atoms with van der Waals surface area (Å²) in [5, 5.41) is 9.11. The molecule has 0 radical (unpaired) electrons. The summed E-state index contributed by atoms with van der Waals surface area (Å²) >= 11 is 0. The monoisotopic (exact) mass is 209 g/mol. The molecule has 1 fully saturated rings. The first kappa shape index (κ1) is 10.6. The van der Waals surface area contributed by atoms with Crippen LogP contribution >= 0.6 is 0 Å². The molecular formula is C12H16FNO. The Morgan fingerprint density at radius 2 is 2.07 bits per heavy atom. The summed E-state index contributed by atoms with van der Waals surface area (Å²) in [5.41, 5.74) is 1.13. The molecule has 2 atom stereocenters. The zero-order valence-electron chi connectivity index (χ0n) is 8.86. The van der Waals surface area contributed by atoms with Gasteiger partial charge in [0.05, 0.1) is 0 Å². The van der Waals surface area contributed by atoms with Crippen LogP contribution in [0.3, 0.4) is 0 Å². The summed E-state index contributed by atoms with van der Waals surface area (Å²) in [6, 6.07) is 6.97. The topological polar surface area (TPSA) is 23.5 Å². The van der Waals surface area contributed by atoms with Gasteiger partial charge in [0.1, 0.15) is 5.82 Å². The predicted octanol–water partition coefficient (Wildman–Crippen LogP) is 1.81. The number of rotatable bonds is 2. The van der Waals surface area contributed by atoms with Gasteiger partial charge in [-0.25, -0.2) is 4.39 Å². The lowest BCUT2D eigenvalue weighted by Crippen LogP contribution is -2.18. The van der Waals surface area contributed by atoms with Gasteiger partial charge in [0, 0.05) is 19.2 Å². The molecule has 1 N–H and O–H groups in total. The van der Waals surface area contributed by atoms with Crippen LogP contribution in [0.2, 0.25) is 0 Å². The average molecular weight is 209 g/mol. The molecule has 0 spiro atoms. The SMILES string of the molecule is CN1C[C@@H](CO)C[C@@H]1c1ccc(F)cc1. The Morgan fingerprint density at radius 1 is 1.40 bits per heavy atom. The van der Waals surface area contributed by atoms with E-state index in [2.05, 4.69) is 4.90 Å². The van der Waals surface area contributed by atoms with Crippen LogP contribution in [0.5, 0.6) is 0 Å². The van der Waals surface area contributed by atoms with Crippen molar-refractivity contribution in [2.45, 2.75) is 12.5 Å². The van der Waals surface area contributed by atoms with Crippen LogP contribution in [0.1, 0.15) is 18.0 Å². The summed E-state index contributed by atoms with van der Waals surface area (Å²) in [5.74, 6) is 0.156. The second-order valence-corrected chi connectivity index (χ2v) is 4.29. The van der Waals surface area contributed by atoms with E-state index >= 15 is 0 Å². The van der Waals surface area contributed by atoms with E-state index < -0.39 is 0 Å². The molecule has 1 aliphatic rings. The molecule has 2 rings (SSSR count). The molecule has 15 heavy (non-hydrogen) atoms. The van der Waals surface area contributed by atoms with Gasteiger partial charge in [-0.1, -0.05) is 12.1 Å². The number of hydrogen-bond acceptors (Lipinski definition) is 2. The number of benzene rings is 1. The first-order valence-electron chi connectivity index (χ1n) is 5.27. The van der Waals surface area contributed by atoms with Crippen LogP contribution in [0, 0.1) is 11.7 Å². The number of likely N-dealkylation sites (tertiary alicyclic amines) is 1. The van der Waals surface area contributed by atoms with Crippen LogP contribution in [-0.4, -0.2) is 30.2 Å². The van der Waals surface area contributed by atoms with Crippen molar-refractivity contribution >= 4 is 0 Å². The van der Waals surface area contributed by atoms with Crippen molar-refractivity contribution in [3.05, 3.63) is 35.6 Å². The van der Waals surface area contributed by atoms with Crippen molar-refractivity contribution in [3.8, 4) is 0 Å². The first-order valence-corrected chi connectivity index (χ1v) is 5.27. The quantitative estimate of drug-likeness (QED) is 0.803. The number of aliphatic hydroxyl groups excluding tert-OH is 1. The van der Waals surface area contributed by atoms with Crippen molar-refractivity contribution in [3.63, 3.8) is 0 Å². The molecule has 0 saturated carbocycles. The molecule has 0 aromatic heterocycles. The second kappa shape index (κ2) is 4.29. The largest absolute Gasteiger partial charge is 0.396 e. The van der Waals surface area contributed by atoms with E-state index in [-0.39, 0.29) is 12.4 Å². The summed E-state index contributed by atoms with van der Waals surface area (Å²) in [4.78, 5) is 2.22. The minimum Gasteiger partial charge on any atom is -0.396 e. The number of hydrogen-bond donors (Lipinski definition) is 1. The Balaban J connectivity index is 2.14. The average Bonchev–Trinajstić information content (AvgIpc) is 2.61. The third-order valence-electron chi connectivity index (χ3n) is 3.15. The summed E-state index contributed by atoms with van der Waals surface area (Å²) in [7, 11) is 2.05. The van der Waals surface area contributed by atoms with E-state index in [1.807, 2.05) is 19.2 Å². The van der Waals surface area contributed by atoms with E-state index in [1.165, 1.54) is 12.1 Å². The highest BCUT2D eigenvalue weighted by Gasteiger charge is 2.29. The lowest BCUT2D eigenvalue weighted by Gasteiger charge is -2.19. The van der Waals surface area contributed by atoms with Crippen molar-refractivity contribution < 1.29 is 9.50 Å². The lowest BCUT2D eigenvalue weighted by atomic mass is 10.0. The molecule has 1 aromatic rings. The maximum atomic E-state index is 12.8. The van der Waals surface area contributed by atoms with Gasteiger partial charge >= 0.3 is 0 Å². The second-order valence-electron chi connectivity index (χ2n) is 4.29. The van der Waals surface area contributed by atoms with Crippen molar-refractivity contribution in [2.75, 3.05) is 20.2 Å². The standard InChI is InChI=1S/C12H16FNO/c1-14-7-9(8-15)6-12(14)10-2-4-11(13)5-3-10/h2-5,9,12,15H,6-8H2,1H3/t9-,12+/m0/s1. The van der Waals surface area contributed by atoms with E-state index in [1.54, 1.807) is 0 Å². The molecule has 82 valence electrons. The summed E-state index contributed by atoms with van der Waals surface area (Å²) in [6.07, 6.45) is 0.957. The van der Waals surface area contributed by atoms with E-state index in [0.29, 0.717) is 12.0 Å². The van der Waals surface area contributed by atoms with Crippen molar-refractivity contribution in [1.29, 1.82) is 0 Å². The zero-order chi connectivity index (χ0) is 10.8. The summed E-state index contributed by atoms with van der Waals surface area (Å²) < 4.78 is 12.8. The Morgan fingerprint density at radius 3 is 2.60 bits per heavy atom. The Labute approximate surface area is 89.3 Å². The van der Waals surface area contributed by atoms with Crippen LogP contribution in [0.15, 0.2) is 24.3 Å². The molecule has 1 heterocycles. The molecule has 0 bridgehead atoms. The van der Waals surface area contributed by atoms with Crippen LogP contribution in [0.25, 0.3) is 0 Å². The number of aliphatic hydroxyl groups is 1. The molecule has 0 amide bonds. The molecular weight excluding hydrogens is 193 g/mol. The van der Waals surface area contributed by atoms with Crippen molar-refractivity contribution in [1.82, 2.24) is 4.90 Å². The Hall–Kier alpha value is -0.930. The van der Waals surface area contributed by atoms with Crippen LogP contribution in [-0.2, 0) is 0 Å². The first-order chi connectivity index (χ1) is 7.20. The molecule has 3 heteroatoms. The van der Waals surface area contributed by atoms with Crippen molar-refractivity contribution in [2.24, 2.45) is 5.92 Å². The van der Waals surface area contributed by atoms with E-state index in [0.717, 1.165) is 18.5 Å². The van der Waals surface area contributed by atoms with Gasteiger partial charge in [0.25, 0.3) is 0 Å². The van der Waals surface area contributed by atoms with E-state index in [9.17, 15) is 4.39 Å². The smallest absolute Gasteiger partial charge is 0.123 e. The van der Waals surface area contributed by atoms with Gasteiger partial charge in [0.15, 0.2) is 0 Å². The van der Waals surface area contributed by atoms with Gasteiger partial charge < -0.3 is 5.11 Å². The van der Waals surface area contributed by atoms with Crippen LogP contribution in [0.4, 0.5) is 4.39 Å². The zero-order valence-corrected chi connectivity index (χ0v) is 8.86. The Kier molecular flexibility index (Phi) is 3.03. The molecule has 0 aliphatic carbocycles. The third-order valence-corrected chi connectivity index (χ3v) is 3.15. The summed E-state index contributed by atoms with van der Waals surface area (Å²) in [6.45, 7) is 1.15. The molecule has 1 aromatic carbocycles. The van der Waals surface area contributed by atoms with Crippen LogP contribution < -0.4 is 0 Å². The lowest BCUT2D eigenvalue weighted by molar-refractivity contribution is 0.227. The maximum Gasteiger partial charge on any atom is 0.123 e. The highest BCUT2D eigenvalue weighted by Crippen LogP contribution is 2.33. The highest BCUT2D eigenvalue weighted by atomic mass is 19.1. The fraction of sp³-hybridized carbons (Fsp3) is 0.500. The minimum absolute atomic E-state index is 0.196. The van der Waals surface area contributed by atoms with Gasteiger partial charge in [-0.05, 0) is 37.1 Å². The Bertz CT molecular complexity index is 325. The van der Waals surface area contributed by atoms with E-state index in [4.69, 9.17) is 5.11 Å². The van der Waals surface area contributed by atoms with Gasteiger partial charge in [0.2, 0.25) is 0 Å². The molecule has 1 aliphatic heterocycles. The number of nitrogens with zero attached hydrogens (tertiary/aromatic N) is 1. The third kappa shape index (κ3) is 2.19. The highest BCUT2D eigenvalue weighted by molar-refractivity contribution is 5.21. The predicted molar refractivity (Wildman–Crippen MR) is 57.0 cm³/mol. The normalized spacial score (nSPS) is 27.1. The maximum absolute atomic E-state index is 12.8. The molecule has 1 saturated heterocycles. The molecule has 2 nitrogen and oxygen atoms in total. The molecule has 0 unspecified atom stereocenters. The fourth-order valence-corrected chi connectivity index (χ4v) is 2.31. The minimum atomic E-state index is -0.196. The van der Waals surface area contributed by atoms with Gasteiger partial charge in [-0.3, -0.25) is 4.90 Å². The van der Waals surface area contributed by atoms with Gasteiger partial charge in [-0.15, -0.1) is 0 Å².